The van der Waals surface area contributed by atoms with Crippen LogP contribution in [0.25, 0.3) is 11.0 Å². The third-order valence-electron chi connectivity index (χ3n) is 4.92. The van der Waals surface area contributed by atoms with E-state index in [4.69, 9.17) is 0 Å². The van der Waals surface area contributed by atoms with E-state index in [1.165, 1.54) is 11.8 Å². The van der Waals surface area contributed by atoms with E-state index < -0.39 is 0 Å². The van der Waals surface area contributed by atoms with Gasteiger partial charge in [-0.1, -0.05) is 30.0 Å². The number of benzene rings is 1. The normalized spacial score (nSPS) is 19.2. The van der Waals surface area contributed by atoms with Crippen molar-refractivity contribution in [3.63, 3.8) is 0 Å². The molecular weight excluding hydrogens is 396 g/mol. The Balaban J connectivity index is 0.00000225. The zero-order chi connectivity index (χ0) is 18.8. The maximum atomic E-state index is 12.8. The number of hydrogen-bond acceptors (Lipinski definition) is 6. The van der Waals surface area contributed by atoms with Crippen LogP contribution in [0, 0.1) is 0 Å². The van der Waals surface area contributed by atoms with Crippen molar-refractivity contribution in [1.29, 1.82) is 0 Å². The first-order chi connectivity index (χ1) is 13.1. The average Bonchev–Trinajstić information content (AvgIpc) is 2.69. The molecule has 0 atom stereocenters. The van der Waals surface area contributed by atoms with Crippen molar-refractivity contribution >= 4 is 41.2 Å². The molecule has 0 aliphatic heterocycles. The number of hydrogen-bond donors (Lipinski definition) is 2. The number of rotatable bonds is 4. The third-order valence-corrected chi connectivity index (χ3v) is 5.94. The minimum absolute atomic E-state index is 0. The van der Waals surface area contributed by atoms with E-state index in [1.807, 2.05) is 36.4 Å². The number of anilines is 1. The van der Waals surface area contributed by atoms with Gasteiger partial charge < -0.3 is 10.4 Å². The van der Waals surface area contributed by atoms with E-state index >= 15 is 0 Å². The number of aliphatic hydroxyl groups is 1. The number of nitrogens with one attached hydrogen (secondary N) is 1. The Bertz CT molecular complexity index is 1000. The zero-order valence-corrected chi connectivity index (χ0v) is 17.2. The molecule has 3 aromatic rings. The van der Waals surface area contributed by atoms with Crippen molar-refractivity contribution in [2.24, 2.45) is 7.05 Å². The van der Waals surface area contributed by atoms with Crippen molar-refractivity contribution in [3.05, 3.63) is 52.9 Å². The van der Waals surface area contributed by atoms with Crippen molar-refractivity contribution in [3.8, 4) is 0 Å². The smallest absolute Gasteiger partial charge is 0.265 e. The number of halogens is 1. The van der Waals surface area contributed by atoms with Gasteiger partial charge in [-0.3, -0.25) is 9.36 Å². The van der Waals surface area contributed by atoms with Crippen LogP contribution in [-0.4, -0.2) is 31.8 Å². The minimum Gasteiger partial charge on any atom is -0.393 e. The summed E-state index contributed by atoms with van der Waals surface area (Å²) >= 11 is 1.45. The molecule has 1 fully saturated rings. The number of aromatic nitrogens is 3. The first-order valence-electron chi connectivity index (χ1n) is 9.14. The van der Waals surface area contributed by atoms with Crippen LogP contribution in [-0.2, 0) is 7.05 Å². The number of fused-ring (bicyclic) bond motifs is 1. The second-order valence-electron chi connectivity index (χ2n) is 6.91. The maximum absolute atomic E-state index is 12.8. The first kappa shape index (κ1) is 20.6. The van der Waals surface area contributed by atoms with Crippen LogP contribution in [0.4, 0.5) is 5.95 Å². The van der Waals surface area contributed by atoms with Gasteiger partial charge in [-0.2, -0.15) is 4.98 Å². The zero-order valence-electron chi connectivity index (χ0n) is 15.5. The van der Waals surface area contributed by atoms with E-state index in [2.05, 4.69) is 15.3 Å². The lowest BCUT2D eigenvalue weighted by atomic mass is 9.93. The summed E-state index contributed by atoms with van der Waals surface area (Å²) in [4.78, 5) is 23.4. The Labute approximate surface area is 173 Å². The van der Waals surface area contributed by atoms with Crippen molar-refractivity contribution in [2.75, 3.05) is 5.32 Å². The van der Waals surface area contributed by atoms with Crippen LogP contribution >= 0.6 is 24.2 Å². The van der Waals surface area contributed by atoms with Gasteiger partial charge in [0.15, 0.2) is 0 Å². The quantitative estimate of drug-likeness (QED) is 0.673. The Hall–Kier alpha value is -2.09. The average molecular weight is 419 g/mol. The Morgan fingerprint density at radius 2 is 1.89 bits per heavy atom. The predicted octanol–water partition coefficient (Wildman–Crippen LogP) is 3.62. The molecule has 0 unspecified atom stereocenters. The molecule has 0 spiro atoms. The van der Waals surface area contributed by atoms with Crippen LogP contribution in [0.1, 0.15) is 25.7 Å². The van der Waals surface area contributed by atoms with Gasteiger partial charge in [0.2, 0.25) is 5.95 Å². The van der Waals surface area contributed by atoms with E-state index in [0.29, 0.717) is 16.5 Å². The van der Waals surface area contributed by atoms with Gasteiger partial charge in [0.25, 0.3) is 5.56 Å². The monoisotopic (exact) mass is 418 g/mol. The summed E-state index contributed by atoms with van der Waals surface area (Å²) in [6.07, 6.45) is 4.95. The molecule has 28 heavy (non-hydrogen) atoms. The standard InChI is InChI=1S/C20H22N4O2S.ClH/c1-24-18-13(11-17(19(24)26)27-16-5-3-2-4-6-16)12-21-20(23-18)22-14-7-9-15(25)10-8-14;/h2-6,11-12,14-15,25H,7-10H2,1H3,(H,21,22,23);1H. The molecule has 1 aliphatic carbocycles. The first-order valence-corrected chi connectivity index (χ1v) is 9.96. The largest absolute Gasteiger partial charge is 0.393 e. The fourth-order valence-corrected chi connectivity index (χ4v) is 4.34. The van der Waals surface area contributed by atoms with Gasteiger partial charge in [-0.15, -0.1) is 12.4 Å². The van der Waals surface area contributed by atoms with E-state index in [9.17, 15) is 9.90 Å². The van der Waals surface area contributed by atoms with E-state index in [-0.39, 0.29) is 30.1 Å². The van der Waals surface area contributed by atoms with Crippen molar-refractivity contribution in [1.82, 2.24) is 14.5 Å². The highest BCUT2D eigenvalue weighted by atomic mass is 35.5. The Morgan fingerprint density at radius 1 is 1.18 bits per heavy atom. The van der Waals surface area contributed by atoms with Crippen LogP contribution in [0.15, 0.2) is 57.2 Å². The predicted molar refractivity (Wildman–Crippen MR) is 114 cm³/mol. The second kappa shape index (κ2) is 8.94. The third kappa shape index (κ3) is 4.48. The molecule has 1 aromatic carbocycles. The Kier molecular flexibility index (Phi) is 6.59. The summed E-state index contributed by atoms with van der Waals surface area (Å²) in [6, 6.07) is 12.0. The lowest BCUT2D eigenvalue weighted by molar-refractivity contribution is 0.126. The molecule has 8 heteroatoms. The second-order valence-corrected chi connectivity index (χ2v) is 8.03. The topological polar surface area (TPSA) is 80.0 Å². The van der Waals surface area contributed by atoms with Crippen LogP contribution in [0.3, 0.4) is 0 Å². The SMILES string of the molecule is Cl.Cn1c(=O)c(Sc2ccccc2)cc2cnc(NC3CCC(O)CC3)nc21. The summed E-state index contributed by atoms with van der Waals surface area (Å²) in [5.74, 6) is 0.530. The highest BCUT2D eigenvalue weighted by Crippen LogP contribution is 2.27. The van der Waals surface area contributed by atoms with E-state index in [0.717, 1.165) is 36.0 Å². The fraction of sp³-hybridized carbons (Fsp3) is 0.350. The molecule has 0 radical (unpaired) electrons. The molecule has 0 saturated heterocycles. The molecule has 0 amide bonds. The molecular formula is C20H23ClN4O2S. The van der Waals surface area contributed by atoms with Gasteiger partial charge in [0.1, 0.15) is 5.65 Å². The molecule has 4 rings (SSSR count). The lowest BCUT2D eigenvalue weighted by Gasteiger charge is -2.26. The molecule has 148 valence electrons. The number of aryl methyl sites for hydroxylation is 1. The highest BCUT2D eigenvalue weighted by molar-refractivity contribution is 7.99. The van der Waals surface area contributed by atoms with E-state index in [1.54, 1.807) is 17.8 Å². The summed E-state index contributed by atoms with van der Waals surface area (Å²) in [6.45, 7) is 0. The molecule has 1 aliphatic rings. The highest BCUT2D eigenvalue weighted by Gasteiger charge is 2.20. The molecule has 2 heterocycles. The minimum atomic E-state index is -0.193. The van der Waals surface area contributed by atoms with Crippen molar-refractivity contribution in [2.45, 2.75) is 47.6 Å². The van der Waals surface area contributed by atoms with Crippen molar-refractivity contribution < 1.29 is 5.11 Å². The van der Waals surface area contributed by atoms with Gasteiger partial charge in [0.05, 0.1) is 11.0 Å². The number of nitrogens with zero attached hydrogens (tertiary/aromatic N) is 3. The maximum Gasteiger partial charge on any atom is 0.265 e. The fourth-order valence-electron chi connectivity index (χ4n) is 3.38. The molecule has 0 bridgehead atoms. The molecule has 2 aromatic heterocycles. The number of pyridine rings is 1. The summed E-state index contributed by atoms with van der Waals surface area (Å²) in [5, 5.41) is 13.8. The van der Waals surface area contributed by atoms with Gasteiger partial charge in [0, 0.05) is 29.6 Å². The lowest BCUT2D eigenvalue weighted by Crippen LogP contribution is -2.29. The Morgan fingerprint density at radius 3 is 2.61 bits per heavy atom. The van der Waals surface area contributed by atoms with Gasteiger partial charge in [-0.25, -0.2) is 4.98 Å². The summed E-state index contributed by atoms with van der Waals surface area (Å²) in [5.41, 5.74) is 0.549. The molecule has 1 saturated carbocycles. The van der Waals surface area contributed by atoms with Gasteiger partial charge in [-0.05, 0) is 43.9 Å². The van der Waals surface area contributed by atoms with Crippen LogP contribution in [0.2, 0.25) is 0 Å². The van der Waals surface area contributed by atoms with Crippen LogP contribution in [0.5, 0.6) is 0 Å². The summed E-state index contributed by atoms with van der Waals surface area (Å²) < 4.78 is 1.58. The number of aliphatic hydroxyl groups excluding tert-OH is 1. The molecule has 2 N–H and O–H groups in total. The van der Waals surface area contributed by atoms with Crippen LogP contribution < -0.4 is 10.9 Å². The van der Waals surface area contributed by atoms with Gasteiger partial charge >= 0.3 is 0 Å². The molecule has 6 nitrogen and oxygen atoms in total. The summed E-state index contributed by atoms with van der Waals surface area (Å²) in [7, 11) is 1.74.